The number of nitro benzene ring substituents is 1. The molecule has 5 heterocycles. The molecular formula is C32H29N7O5. The number of nitro groups is 1. The summed E-state index contributed by atoms with van der Waals surface area (Å²) in [6.07, 6.45) is 6.34. The summed E-state index contributed by atoms with van der Waals surface area (Å²) in [5.41, 5.74) is 5.74. The molecule has 2 saturated heterocycles. The number of hydrogen-bond acceptors (Lipinski definition) is 8. The Hall–Kier alpha value is -5.52. The van der Waals surface area contributed by atoms with E-state index in [2.05, 4.69) is 15.3 Å². The molecule has 222 valence electrons. The largest absolute Gasteiger partial charge is 0.485 e. The van der Waals surface area contributed by atoms with Gasteiger partial charge in [-0.25, -0.2) is 9.78 Å². The van der Waals surface area contributed by atoms with Crippen LogP contribution in [-0.2, 0) is 11.3 Å². The third-order valence-corrected chi connectivity index (χ3v) is 8.22. The molecule has 2 aromatic heterocycles. The zero-order valence-electron chi connectivity index (χ0n) is 24.0. The van der Waals surface area contributed by atoms with Gasteiger partial charge in [-0.15, -0.1) is 0 Å². The smallest absolute Gasteiger partial charge is 0.324 e. The van der Waals surface area contributed by atoms with Crippen LogP contribution >= 0.6 is 0 Å². The van der Waals surface area contributed by atoms with Crippen LogP contribution in [0.25, 0.3) is 11.1 Å². The van der Waals surface area contributed by atoms with E-state index in [1.807, 2.05) is 48.4 Å². The molecule has 2 aromatic carbocycles. The van der Waals surface area contributed by atoms with Crippen LogP contribution in [0, 0.1) is 10.1 Å². The van der Waals surface area contributed by atoms with Gasteiger partial charge in [0.25, 0.3) is 5.69 Å². The third-order valence-electron chi connectivity index (χ3n) is 8.22. The number of rotatable bonds is 7. The highest BCUT2D eigenvalue weighted by atomic mass is 16.6. The van der Waals surface area contributed by atoms with Crippen molar-refractivity contribution in [3.8, 4) is 16.9 Å². The van der Waals surface area contributed by atoms with Gasteiger partial charge in [-0.2, -0.15) is 0 Å². The second kappa shape index (κ2) is 11.0. The van der Waals surface area contributed by atoms with Gasteiger partial charge in [0, 0.05) is 79.4 Å². The lowest BCUT2D eigenvalue weighted by atomic mass is 9.94. The van der Waals surface area contributed by atoms with Gasteiger partial charge in [-0.1, -0.05) is 12.1 Å². The average Bonchev–Trinajstić information content (AvgIpc) is 3.62. The highest BCUT2D eigenvalue weighted by Gasteiger charge is 2.31. The molecule has 1 N–H and O–H groups in total. The summed E-state index contributed by atoms with van der Waals surface area (Å²) in [4.78, 5) is 50.3. The Bertz CT molecular complexity index is 1810. The van der Waals surface area contributed by atoms with Crippen molar-refractivity contribution < 1.29 is 19.2 Å². The minimum Gasteiger partial charge on any atom is -0.485 e. The molecule has 3 aliphatic heterocycles. The predicted molar refractivity (Wildman–Crippen MR) is 164 cm³/mol. The van der Waals surface area contributed by atoms with Gasteiger partial charge in [0.1, 0.15) is 17.7 Å². The van der Waals surface area contributed by atoms with Gasteiger partial charge in [0.2, 0.25) is 5.91 Å². The van der Waals surface area contributed by atoms with Crippen molar-refractivity contribution in [2.45, 2.75) is 32.4 Å². The second-order valence-electron chi connectivity index (χ2n) is 11.1. The number of carbonyl (C=O) groups is 2. The van der Waals surface area contributed by atoms with Crippen molar-refractivity contribution >= 4 is 40.5 Å². The normalized spacial score (nSPS) is 17.4. The van der Waals surface area contributed by atoms with Gasteiger partial charge in [-0.05, 0) is 43.2 Å². The molecule has 12 heteroatoms. The Labute approximate surface area is 253 Å². The molecule has 1 unspecified atom stereocenters. The van der Waals surface area contributed by atoms with Crippen molar-refractivity contribution in [2.75, 3.05) is 34.8 Å². The zero-order valence-corrected chi connectivity index (χ0v) is 24.0. The van der Waals surface area contributed by atoms with Crippen molar-refractivity contribution in [2.24, 2.45) is 0 Å². The van der Waals surface area contributed by atoms with Crippen LogP contribution < -0.4 is 19.9 Å². The van der Waals surface area contributed by atoms with Crippen LogP contribution in [0.5, 0.6) is 5.75 Å². The summed E-state index contributed by atoms with van der Waals surface area (Å²) >= 11 is 0. The summed E-state index contributed by atoms with van der Waals surface area (Å²) < 4.78 is 6.28. The number of anilines is 4. The molecule has 44 heavy (non-hydrogen) atoms. The average molecular weight is 592 g/mol. The van der Waals surface area contributed by atoms with Gasteiger partial charge < -0.3 is 19.9 Å². The molecule has 0 aliphatic carbocycles. The molecule has 1 atom stereocenters. The fourth-order valence-corrected chi connectivity index (χ4v) is 6.02. The maximum atomic E-state index is 13.2. The van der Waals surface area contributed by atoms with E-state index in [9.17, 15) is 19.7 Å². The van der Waals surface area contributed by atoms with Crippen molar-refractivity contribution in [3.05, 3.63) is 94.4 Å². The minimum atomic E-state index is -0.440. The third kappa shape index (κ3) is 5.04. The van der Waals surface area contributed by atoms with Gasteiger partial charge in [-0.3, -0.25) is 24.8 Å². The number of hydrogen-bond donors (Lipinski definition) is 1. The van der Waals surface area contributed by atoms with Crippen LogP contribution in [-0.4, -0.2) is 51.4 Å². The molecule has 4 aromatic rings. The lowest BCUT2D eigenvalue weighted by Gasteiger charge is -2.28. The molecule has 0 saturated carbocycles. The number of aromatic nitrogens is 2. The van der Waals surface area contributed by atoms with Crippen LogP contribution in [0.2, 0.25) is 0 Å². The Morgan fingerprint density at radius 2 is 1.86 bits per heavy atom. The van der Waals surface area contributed by atoms with E-state index < -0.39 is 4.92 Å². The number of nitrogens with one attached hydrogen (secondary N) is 1. The number of nitrogens with zero attached hydrogens (tertiary/aromatic N) is 6. The van der Waals surface area contributed by atoms with Crippen LogP contribution in [0.1, 0.15) is 37.0 Å². The van der Waals surface area contributed by atoms with Crippen LogP contribution in [0.15, 0.2) is 73.2 Å². The summed E-state index contributed by atoms with van der Waals surface area (Å²) in [6.45, 7) is 3.95. The summed E-state index contributed by atoms with van der Waals surface area (Å²) in [6, 6.07) is 15.8. The first-order valence-corrected chi connectivity index (χ1v) is 14.5. The maximum Gasteiger partial charge on any atom is 0.324 e. The number of fused-ring (bicyclic) bond motifs is 3. The Morgan fingerprint density at radius 1 is 0.977 bits per heavy atom. The number of benzene rings is 2. The number of urea groups is 1. The van der Waals surface area contributed by atoms with Crippen molar-refractivity contribution in [1.82, 2.24) is 14.9 Å². The SMILES string of the molecule is CC1Oc2cc(N3CCCC3=O)ccc2-c2cnc(Nc3cncc(N4CCN(Cc5cccc([N+](=O)[O-])c5)C4=O)c3)cc21. The van der Waals surface area contributed by atoms with Crippen LogP contribution in [0.4, 0.5) is 33.4 Å². The van der Waals surface area contributed by atoms with E-state index >= 15 is 0 Å². The summed E-state index contributed by atoms with van der Waals surface area (Å²) in [5, 5.41) is 14.4. The first-order chi connectivity index (χ1) is 21.3. The number of carbonyl (C=O) groups excluding carboxylic acids is 2. The summed E-state index contributed by atoms with van der Waals surface area (Å²) in [7, 11) is 0. The van der Waals surface area contributed by atoms with E-state index in [0.717, 1.165) is 41.1 Å². The van der Waals surface area contributed by atoms with Gasteiger partial charge in [0.05, 0.1) is 28.7 Å². The summed E-state index contributed by atoms with van der Waals surface area (Å²) in [5.74, 6) is 1.48. The molecule has 2 fully saturated rings. The standard InChI is InChI=1S/C32H29N7O5/c1-20-27-15-30(34-18-28(27)26-8-7-23(14-29(26)44-20)37-9-3-6-31(37)40)35-22-13-25(17-33-16-22)38-11-10-36(32(38)41)19-21-4-2-5-24(12-21)39(42)43/h2,4-5,7-8,12-18,20H,3,6,9-11,19H2,1H3,(H,34,35). The molecule has 3 amide bonds. The number of amides is 3. The fourth-order valence-electron chi connectivity index (χ4n) is 6.02. The highest BCUT2D eigenvalue weighted by Crippen LogP contribution is 2.44. The molecule has 3 aliphatic rings. The van der Waals surface area contributed by atoms with E-state index in [-0.39, 0.29) is 30.3 Å². The molecule has 0 bridgehead atoms. The van der Waals surface area contributed by atoms with Crippen molar-refractivity contribution in [1.29, 1.82) is 0 Å². The molecule has 7 rings (SSSR count). The van der Waals surface area contributed by atoms with Crippen LogP contribution in [0.3, 0.4) is 0 Å². The van der Waals surface area contributed by atoms with E-state index in [0.29, 0.717) is 42.3 Å². The fraction of sp³-hybridized carbons (Fsp3) is 0.250. The number of pyridine rings is 2. The molecular weight excluding hydrogens is 562 g/mol. The Balaban J connectivity index is 1.07. The maximum absolute atomic E-state index is 13.2. The lowest BCUT2D eigenvalue weighted by molar-refractivity contribution is -0.384. The predicted octanol–water partition coefficient (Wildman–Crippen LogP) is 5.82. The first-order valence-electron chi connectivity index (χ1n) is 14.5. The van der Waals surface area contributed by atoms with Gasteiger partial charge in [0.15, 0.2) is 0 Å². The minimum absolute atomic E-state index is 0.000668. The first kappa shape index (κ1) is 27.3. The quantitative estimate of drug-likeness (QED) is 0.210. The number of non-ortho nitro benzene ring substituents is 1. The van der Waals surface area contributed by atoms with E-state index in [1.54, 1.807) is 34.3 Å². The lowest BCUT2D eigenvalue weighted by Crippen LogP contribution is -2.31. The van der Waals surface area contributed by atoms with Crippen molar-refractivity contribution in [3.63, 3.8) is 0 Å². The topological polar surface area (TPSA) is 134 Å². The Kier molecular flexibility index (Phi) is 6.80. The molecule has 12 nitrogen and oxygen atoms in total. The number of ether oxygens (including phenoxy) is 1. The molecule has 0 spiro atoms. The monoisotopic (exact) mass is 591 g/mol. The van der Waals surface area contributed by atoms with Gasteiger partial charge >= 0.3 is 6.03 Å². The molecule has 0 radical (unpaired) electrons. The highest BCUT2D eigenvalue weighted by molar-refractivity contribution is 5.96. The Morgan fingerprint density at radius 3 is 2.68 bits per heavy atom. The zero-order chi connectivity index (χ0) is 30.4. The van der Waals surface area contributed by atoms with E-state index in [1.165, 1.54) is 12.1 Å². The van der Waals surface area contributed by atoms with E-state index in [4.69, 9.17) is 4.74 Å². The second-order valence-corrected chi connectivity index (χ2v) is 11.1.